The van der Waals surface area contributed by atoms with Crippen LogP contribution in [0.1, 0.15) is 11.3 Å². The van der Waals surface area contributed by atoms with Crippen molar-refractivity contribution in [3.05, 3.63) is 46.0 Å². The van der Waals surface area contributed by atoms with Gasteiger partial charge < -0.3 is 0 Å². The van der Waals surface area contributed by atoms with Gasteiger partial charge in [-0.25, -0.2) is 17.9 Å². The summed E-state index contributed by atoms with van der Waals surface area (Å²) >= 11 is 5.93. The second kappa shape index (κ2) is 4.07. The molecule has 2 rings (SSSR count). The number of aromatic nitrogens is 2. The second-order valence-electron chi connectivity index (χ2n) is 3.63. The lowest BCUT2D eigenvalue weighted by molar-refractivity contribution is 0.491. The van der Waals surface area contributed by atoms with E-state index in [4.69, 9.17) is 11.6 Å². The first-order valence-electron chi connectivity index (χ1n) is 4.78. The van der Waals surface area contributed by atoms with Gasteiger partial charge in [-0.05, 0) is 13.8 Å². The zero-order valence-corrected chi connectivity index (χ0v) is 9.82. The van der Waals surface area contributed by atoms with E-state index in [1.54, 1.807) is 13.8 Å². The molecule has 1 aromatic carbocycles. The Balaban J connectivity index is 2.68. The van der Waals surface area contributed by atoms with Crippen LogP contribution in [0.15, 0.2) is 12.1 Å². The molecule has 6 heteroatoms. The van der Waals surface area contributed by atoms with Crippen molar-refractivity contribution in [1.29, 1.82) is 0 Å². The van der Waals surface area contributed by atoms with Crippen LogP contribution >= 0.6 is 11.6 Å². The van der Waals surface area contributed by atoms with E-state index in [1.807, 2.05) is 0 Å². The van der Waals surface area contributed by atoms with E-state index >= 15 is 0 Å². The third-order valence-electron chi connectivity index (χ3n) is 2.51. The van der Waals surface area contributed by atoms with Crippen molar-refractivity contribution >= 4 is 11.6 Å². The molecule has 1 heterocycles. The summed E-state index contributed by atoms with van der Waals surface area (Å²) < 4.78 is 40.4. The molecule has 0 unspecified atom stereocenters. The molecular formula is C11H8ClF3N2. The van der Waals surface area contributed by atoms with E-state index in [-0.39, 0.29) is 10.8 Å². The van der Waals surface area contributed by atoms with Crippen molar-refractivity contribution in [2.45, 2.75) is 13.8 Å². The molecule has 0 aliphatic rings. The van der Waals surface area contributed by atoms with Gasteiger partial charge in [0.05, 0.1) is 5.69 Å². The van der Waals surface area contributed by atoms with E-state index in [0.29, 0.717) is 17.3 Å². The summed E-state index contributed by atoms with van der Waals surface area (Å²) in [5.74, 6) is -3.32. The highest BCUT2D eigenvalue weighted by Crippen LogP contribution is 2.25. The van der Waals surface area contributed by atoms with Crippen LogP contribution in [0, 0.1) is 31.3 Å². The molecule has 0 amide bonds. The third-order valence-corrected chi connectivity index (χ3v) is 2.95. The first-order chi connectivity index (χ1) is 7.91. The summed E-state index contributed by atoms with van der Waals surface area (Å²) in [4.78, 5) is 0. The van der Waals surface area contributed by atoms with Crippen molar-refractivity contribution in [2.24, 2.45) is 0 Å². The highest BCUT2D eigenvalue weighted by molar-refractivity contribution is 6.30. The summed E-state index contributed by atoms with van der Waals surface area (Å²) in [5, 5.41) is 4.14. The van der Waals surface area contributed by atoms with Crippen LogP contribution in [0.25, 0.3) is 5.69 Å². The maximum atomic E-state index is 13.5. The molecule has 0 spiro atoms. The fraction of sp³-hybridized carbons (Fsp3) is 0.182. The molecule has 0 saturated carbocycles. The van der Waals surface area contributed by atoms with Gasteiger partial charge in [-0.2, -0.15) is 5.10 Å². The van der Waals surface area contributed by atoms with Crippen LogP contribution in [-0.2, 0) is 0 Å². The topological polar surface area (TPSA) is 17.8 Å². The van der Waals surface area contributed by atoms with Gasteiger partial charge in [-0.1, -0.05) is 11.6 Å². The minimum atomic E-state index is -1.25. The Morgan fingerprint density at radius 1 is 1.06 bits per heavy atom. The fourth-order valence-corrected chi connectivity index (χ4v) is 1.68. The molecule has 0 aliphatic carbocycles. The van der Waals surface area contributed by atoms with Crippen LogP contribution in [-0.4, -0.2) is 9.78 Å². The monoisotopic (exact) mass is 260 g/mol. The Morgan fingerprint density at radius 3 is 2.18 bits per heavy atom. The fourth-order valence-electron chi connectivity index (χ4n) is 1.41. The maximum absolute atomic E-state index is 13.5. The van der Waals surface area contributed by atoms with Crippen molar-refractivity contribution in [3.63, 3.8) is 0 Å². The summed E-state index contributed by atoms with van der Waals surface area (Å²) in [6.07, 6.45) is 0. The van der Waals surface area contributed by atoms with Gasteiger partial charge in [0.1, 0.15) is 10.8 Å². The van der Waals surface area contributed by atoms with Crippen molar-refractivity contribution in [3.8, 4) is 5.69 Å². The van der Waals surface area contributed by atoms with Crippen LogP contribution in [0.5, 0.6) is 0 Å². The van der Waals surface area contributed by atoms with E-state index in [2.05, 4.69) is 5.10 Å². The standard InChI is InChI=1S/C11H8ClF3N2/c1-5-6(2)16-17(11(5)12)10-4-8(14)7(13)3-9(10)15/h3-4H,1-2H3. The number of aryl methyl sites for hydroxylation is 1. The largest absolute Gasteiger partial charge is 0.219 e. The van der Waals surface area contributed by atoms with E-state index in [9.17, 15) is 13.2 Å². The van der Waals surface area contributed by atoms with E-state index in [0.717, 1.165) is 10.7 Å². The minimum Gasteiger partial charge on any atom is -0.219 e. The molecule has 0 bridgehead atoms. The third kappa shape index (κ3) is 1.91. The molecule has 17 heavy (non-hydrogen) atoms. The Bertz CT molecular complexity index is 593. The zero-order valence-electron chi connectivity index (χ0n) is 9.06. The molecule has 1 aromatic heterocycles. The average Bonchev–Trinajstić information content (AvgIpc) is 2.51. The number of hydrogen-bond acceptors (Lipinski definition) is 1. The Labute approximate surface area is 101 Å². The van der Waals surface area contributed by atoms with Crippen molar-refractivity contribution in [1.82, 2.24) is 9.78 Å². The van der Waals surface area contributed by atoms with Crippen LogP contribution in [0.4, 0.5) is 13.2 Å². The minimum absolute atomic E-state index is 0.174. The van der Waals surface area contributed by atoms with Gasteiger partial charge in [0.15, 0.2) is 17.5 Å². The molecule has 2 aromatic rings. The molecule has 90 valence electrons. The lowest BCUT2D eigenvalue weighted by atomic mass is 10.3. The van der Waals surface area contributed by atoms with Crippen LogP contribution < -0.4 is 0 Å². The predicted octanol–water partition coefficient (Wildman–Crippen LogP) is 3.56. The predicted molar refractivity (Wildman–Crippen MR) is 57.9 cm³/mol. The molecule has 0 aliphatic heterocycles. The zero-order chi connectivity index (χ0) is 12.7. The van der Waals surface area contributed by atoms with Crippen LogP contribution in [0.3, 0.4) is 0 Å². The lowest BCUT2D eigenvalue weighted by Gasteiger charge is -2.05. The SMILES string of the molecule is Cc1nn(-c2cc(F)c(F)cc2F)c(Cl)c1C. The first kappa shape index (κ1) is 12.0. The highest BCUT2D eigenvalue weighted by atomic mass is 35.5. The summed E-state index contributed by atoms with van der Waals surface area (Å²) in [6, 6.07) is 1.19. The molecule has 0 saturated heterocycles. The maximum Gasteiger partial charge on any atom is 0.161 e. The van der Waals surface area contributed by atoms with Gasteiger partial charge in [0.25, 0.3) is 0 Å². The number of rotatable bonds is 1. The quantitative estimate of drug-likeness (QED) is 0.717. The Hall–Kier alpha value is -1.49. The molecule has 0 radical (unpaired) electrons. The van der Waals surface area contributed by atoms with Crippen molar-refractivity contribution < 1.29 is 13.2 Å². The smallest absolute Gasteiger partial charge is 0.161 e. The Kier molecular flexibility index (Phi) is 2.87. The summed E-state index contributed by atoms with van der Waals surface area (Å²) in [5.41, 5.74) is 1.04. The Morgan fingerprint density at radius 2 is 1.65 bits per heavy atom. The van der Waals surface area contributed by atoms with Gasteiger partial charge in [0, 0.05) is 17.7 Å². The molecular weight excluding hydrogens is 253 g/mol. The highest BCUT2D eigenvalue weighted by Gasteiger charge is 2.16. The first-order valence-corrected chi connectivity index (χ1v) is 5.16. The summed E-state index contributed by atoms with van der Waals surface area (Å²) in [6.45, 7) is 3.40. The van der Waals surface area contributed by atoms with Gasteiger partial charge in [0.2, 0.25) is 0 Å². The second-order valence-corrected chi connectivity index (χ2v) is 3.99. The normalized spacial score (nSPS) is 10.9. The number of benzene rings is 1. The summed E-state index contributed by atoms with van der Waals surface area (Å²) in [7, 11) is 0. The molecule has 2 nitrogen and oxygen atoms in total. The van der Waals surface area contributed by atoms with Gasteiger partial charge >= 0.3 is 0 Å². The number of nitrogens with zero attached hydrogens (tertiary/aromatic N) is 2. The van der Waals surface area contributed by atoms with Crippen molar-refractivity contribution in [2.75, 3.05) is 0 Å². The molecule has 0 atom stereocenters. The molecule has 0 N–H and O–H groups in total. The number of hydrogen-bond donors (Lipinski definition) is 0. The lowest BCUT2D eigenvalue weighted by Crippen LogP contribution is -2.02. The average molecular weight is 261 g/mol. The van der Waals surface area contributed by atoms with Gasteiger partial charge in [-0.3, -0.25) is 0 Å². The van der Waals surface area contributed by atoms with Gasteiger partial charge in [-0.15, -0.1) is 0 Å². The molecule has 0 fully saturated rings. The van der Waals surface area contributed by atoms with E-state index in [1.165, 1.54) is 0 Å². The van der Waals surface area contributed by atoms with Crippen LogP contribution in [0.2, 0.25) is 5.15 Å². The van der Waals surface area contributed by atoms with E-state index < -0.39 is 17.5 Å². The number of halogens is 4.